The molecular formula is C14H19ClZr. The third-order valence-corrected chi connectivity index (χ3v) is 6.19. The second kappa shape index (κ2) is 8.26. The minimum atomic E-state index is -0.312. The maximum absolute atomic E-state index is 5.34. The number of rotatable bonds is 3. The standard InChI is InChI=1S/2C5H5.C4H9Cl.Zr/c2*1-2-4-5-3-1;1-4(2)3-5;/h2*1-3H,4H2;4H,3H2,1-2H3;. The summed E-state index contributed by atoms with van der Waals surface area (Å²) in [5, 5.41) is 0. The van der Waals surface area contributed by atoms with Gasteiger partial charge >= 0.3 is 79.1 Å². The summed E-state index contributed by atoms with van der Waals surface area (Å²) in [5.74, 6) is 1.43. The van der Waals surface area contributed by atoms with Crippen LogP contribution < -0.4 is 0 Å². The zero-order chi connectivity index (χ0) is 11.8. The van der Waals surface area contributed by atoms with Crippen LogP contribution in [-0.2, 0) is 23.2 Å². The van der Waals surface area contributed by atoms with E-state index in [9.17, 15) is 0 Å². The van der Waals surface area contributed by atoms with Gasteiger partial charge in [-0.05, 0) is 5.92 Å². The van der Waals surface area contributed by atoms with Crippen LogP contribution in [-0.4, -0.2) is 5.88 Å². The van der Waals surface area contributed by atoms with Crippen LogP contribution in [0.2, 0.25) is 0 Å². The van der Waals surface area contributed by atoms with Crippen molar-refractivity contribution in [1.29, 1.82) is 0 Å². The first kappa shape index (κ1) is 14.2. The van der Waals surface area contributed by atoms with Crippen molar-refractivity contribution in [1.82, 2.24) is 0 Å². The van der Waals surface area contributed by atoms with Gasteiger partial charge in [-0.3, -0.25) is 0 Å². The quantitative estimate of drug-likeness (QED) is 0.666. The van der Waals surface area contributed by atoms with E-state index in [4.69, 9.17) is 11.6 Å². The smallest absolute Gasteiger partial charge is 0.0246 e. The molecule has 0 unspecified atom stereocenters. The molecule has 0 aromatic carbocycles. The number of allylic oxidation sites excluding steroid dienone is 8. The Morgan fingerprint density at radius 2 is 1.56 bits per heavy atom. The van der Waals surface area contributed by atoms with E-state index in [0.717, 1.165) is 5.88 Å². The first-order valence-electron chi connectivity index (χ1n) is 5.76. The largest absolute Gasteiger partial charge is 0.126 e. The fourth-order valence-corrected chi connectivity index (χ4v) is 4.26. The fourth-order valence-electron chi connectivity index (χ4n) is 1.29. The topological polar surface area (TPSA) is 0 Å². The molecule has 0 aliphatic heterocycles. The molecule has 2 aliphatic carbocycles. The van der Waals surface area contributed by atoms with Gasteiger partial charge in [-0.1, -0.05) is 13.8 Å². The summed E-state index contributed by atoms with van der Waals surface area (Å²) in [6.45, 7) is 4.18. The summed E-state index contributed by atoms with van der Waals surface area (Å²) in [7, 11) is 0. The molecule has 0 spiro atoms. The van der Waals surface area contributed by atoms with Crippen molar-refractivity contribution in [2.75, 3.05) is 5.88 Å². The Labute approximate surface area is 116 Å². The van der Waals surface area contributed by atoms with Gasteiger partial charge in [-0.25, -0.2) is 0 Å². The van der Waals surface area contributed by atoms with Crippen LogP contribution in [0.1, 0.15) is 26.7 Å². The summed E-state index contributed by atoms with van der Waals surface area (Å²) in [6.07, 6.45) is 16.0. The summed E-state index contributed by atoms with van der Waals surface area (Å²) in [4.78, 5) is 0. The van der Waals surface area contributed by atoms with E-state index in [2.05, 4.69) is 50.3 Å². The summed E-state index contributed by atoms with van der Waals surface area (Å²) in [6, 6.07) is 0. The molecule has 2 heteroatoms. The van der Waals surface area contributed by atoms with Crippen LogP contribution in [0.15, 0.2) is 43.0 Å². The molecular weight excluding hydrogens is 295 g/mol. The van der Waals surface area contributed by atoms with E-state index in [1.807, 2.05) is 0 Å². The molecule has 0 heterocycles. The zero-order valence-electron chi connectivity index (χ0n) is 10.0. The molecule has 0 bridgehead atoms. The number of halogens is 1. The molecule has 0 saturated heterocycles. The second-order valence-electron chi connectivity index (χ2n) is 4.32. The molecule has 0 nitrogen and oxygen atoms in total. The summed E-state index contributed by atoms with van der Waals surface area (Å²) < 4.78 is 3.45. The van der Waals surface area contributed by atoms with E-state index >= 15 is 0 Å². The van der Waals surface area contributed by atoms with Crippen LogP contribution in [0, 0.1) is 5.92 Å². The van der Waals surface area contributed by atoms with E-state index in [-0.39, 0.29) is 23.2 Å². The normalized spacial score (nSPS) is 17.0. The molecule has 0 fully saturated rings. The fraction of sp³-hybridized carbons (Fsp3) is 0.429. The van der Waals surface area contributed by atoms with Gasteiger partial charge in [-0.2, -0.15) is 0 Å². The van der Waals surface area contributed by atoms with Gasteiger partial charge in [-0.15, -0.1) is 11.6 Å². The average molecular weight is 314 g/mol. The molecule has 0 saturated carbocycles. The number of alkyl halides is 1. The van der Waals surface area contributed by atoms with E-state index in [1.165, 1.54) is 12.8 Å². The van der Waals surface area contributed by atoms with Gasteiger partial charge in [0.05, 0.1) is 0 Å². The van der Waals surface area contributed by atoms with Crippen molar-refractivity contribution in [3.8, 4) is 0 Å². The Kier molecular flexibility index (Phi) is 7.33. The van der Waals surface area contributed by atoms with Gasteiger partial charge in [0.25, 0.3) is 0 Å². The minimum absolute atomic E-state index is 0.312. The van der Waals surface area contributed by atoms with Gasteiger partial charge in [0.2, 0.25) is 0 Å². The predicted molar refractivity (Wildman–Crippen MR) is 69.2 cm³/mol. The van der Waals surface area contributed by atoms with Crippen LogP contribution >= 0.6 is 11.6 Å². The summed E-state index contributed by atoms with van der Waals surface area (Å²) >= 11 is 5.02. The molecule has 16 heavy (non-hydrogen) atoms. The molecule has 0 amide bonds. The molecule has 2 rings (SSSR count). The number of hydrogen-bond acceptors (Lipinski definition) is 0. The predicted octanol–water partition coefficient (Wildman–Crippen LogP) is 4.64. The maximum Gasteiger partial charge on any atom is 0.0246 e. The van der Waals surface area contributed by atoms with Gasteiger partial charge in [0.15, 0.2) is 0 Å². The van der Waals surface area contributed by atoms with Crippen LogP contribution in [0.3, 0.4) is 0 Å². The molecule has 0 aromatic rings. The first-order chi connectivity index (χ1) is 7.72. The Balaban J connectivity index is 0.000000221. The minimum Gasteiger partial charge on any atom is -0.126 e. The van der Waals surface area contributed by atoms with Crippen molar-refractivity contribution in [2.24, 2.45) is 5.92 Å². The Bertz CT molecular complexity index is 294. The van der Waals surface area contributed by atoms with Gasteiger partial charge in [0.1, 0.15) is 0 Å². The third-order valence-electron chi connectivity index (χ3n) is 2.17. The Morgan fingerprint density at radius 3 is 1.81 bits per heavy atom. The van der Waals surface area contributed by atoms with Crippen LogP contribution in [0.25, 0.3) is 0 Å². The van der Waals surface area contributed by atoms with Crippen LogP contribution in [0.4, 0.5) is 0 Å². The van der Waals surface area contributed by atoms with Crippen molar-refractivity contribution in [3.63, 3.8) is 0 Å². The second-order valence-corrected chi connectivity index (χ2v) is 8.40. The molecule has 0 N–H and O–H groups in total. The average Bonchev–Trinajstić information content (AvgIpc) is 2.92. The maximum atomic E-state index is 5.34. The monoisotopic (exact) mass is 312 g/mol. The zero-order valence-corrected chi connectivity index (χ0v) is 13.3. The molecule has 0 aromatic heterocycles. The molecule has 0 radical (unpaired) electrons. The van der Waals surface area contributed by atoms with Gasteiger partial charge < -0.3 is 0 Å². The Hall–Kier alpha value is 0.133. The van der Waals surface area contributed by atoms with E-state index < -0.39 is 0 Å². The molecule has 0 atom stereocenters. The number of hydrogen-bond donors (Lipinski definition) is 0. The van der Waals surface area contributed by atoms with Crippen molar-refractivity contribution in [2.45, 2.75) is 26.7 Å². The SMILES string of the molecule is C1=CC[C]([Zr][C]2=CC=CC2)=C1.CC(C)CCl. The first-order valence-corrected chi connectivity index (χ1v) is 8.76. The van der Waals surface area contributed by atoms with E-state index in [1.54, 1.807) is 6.56 Å². The third kappa shape index (κ3) is 6.01. The van der Waals surface area contributed by atoms with Gasteiger partial charge in [0, 0.05) is 5.88 Å². The van der Waals surface area contributed by atoms with Crippen molar-refractivity contribution >= 4 is 11.6 Å². The van der Waals surface area contributed by atoms with E-state index in [0.29, 0.717) is 5.92 Å². The molecule has 86 valence electrons. The molecule has 2 aliphatic rings. The Morgan fingerprint density at radius 1 is 1.12 bits per heavy atom. The van der Waals surface area contributed by atoms with Crippen molar-refractivity contribution < 1.29 is 23.2 Å². The van der Waals surface area contributed by atoms with Crippen LogP contribution in [0.5, 0.6) is 0 Å². The van der Waals surface area contributed by atoms with Crippen molar-refractivity contribution in [3.05, 3.63) is 43.0 Å². The summed E-state index contributed by atoms with van der Waals surface area (Å²) in [5.41, 5.74) is 0.